The van der Waals surface area contributed by atoms with Crippen LogP contribution in [-0.2, 0) is 24.9 Å². The third-order valence-corrected chi connectivity index (χ3v) is 11.9. The minimum atomic E-state index is -3.84. The predicted octanol–water partition coefficient (Wildman–Crippen LogP) is 5.70. The van der Waals surface area contributed by atoms with Crippen molar-refractivity contribution < 1.29 is 21.7 Å². The van der Waals surface area contributed by atoms with Gasteiger partial charge >= 0.3 is 0 Å². The molecule has 0 aromatic heterocycles. The quantitative estimate of drug-likeness (QED) is 0.209. The second kappa shape index (κ2) is 11.2. The molecular formula is C29H38N4O6S2. The molecule has 0 spiro atoms. The van der Waals surface area contributed by atoms with Crippen molar-refractivity contribution in [2.45, 2.75) is 50.3 Å². The van der Waals surface area contributed by atoms with Crippen molar-refractivity contribution in [1.29, 1.82) is 0 Å². The van der Waals surface area contributed by atoms with Gasteiger partial charge in [0.05, 0.1) is 22.6 Å². The normalized spacial score (nSPS) is 25.0. The first-order valence-electron chi connectivity index (χ1n) is 14.0. The fourth-order valence-corrected chi connectivity index (χ4v) is 10.1. The van der Waals surface area contributed by atoms with Gasteiger partial charge in [0.25, 0.3) is 0 Å². The van der Waals surface area contributed by atoms with Gasteiger partial charge in [-0.25, -0.2) is 16.8 Å². The van der Waals surface area contributed by atoms with Gasteiger partial charge in [0, 0.05) is 47.7 Å². The molecule has 3 aromatic rings. The summed E-state index contributed by atoms with van der Waals surface area (Å²) in [7, 11) is -6.24. The molecule has 5 rings (SSSR count). The topological polar surface area (TPSA) is 125 Å². The minimum absolute atomic E-state index is 0.0217. The van der Waals surface area contributed by atoms with E-state index in [0.29, 0.717) is 53.4 Å². The molecule has 1 N–H and O–H groups in total. The third-order valence-electron chi connectivity index (χ3n) is 8.27. The highest BCUT2D eigenvalue weighted by Crippen LogP contribution is 2.44. The summed E-state index contributed by atoms with van der Waals surface area (Å²) in [4.78, 5) is 17.7. The molecule has 2 aliphatic heterocycles. The van der Waals surface area contributed by atoms with Crippen LogP contribution >= 0.6 is 0 Å². The molecule has 0 aliphatic carbocycles. The molecule has 12 heteroatoms. The Kier molecular flexibility index (Phi) is 8.16. The molecule has 2 fully saturated rings. The summed E-state index contributed by atoms with van der Waals surface area (Å²) >= 11 is 0. The zero-order valence-corrected chi connectivity index (χ0v) is 25.8. The number of anilines is 1. The van der Waals surface area contributed by atoms with E-state index in [1.165, 1.54) is 40.0 Å². The molecule has 41 heavy (non-hydrogen) atoms. The second-order valence-electron chi connectivity index (χ2n) is 12.1. The molecular weight excluding hydrogens is 564 g/mol. The van der Waals surface area contributed by atoms with Crippen LogP contribution in [0.5, 0.6) is 0 Å². The van der Waals surface area contributed by atoms with E-state index in [-0.39, 0.29) is 39.1 Å². The number of nitroso groups, excluding NO2 is 1. The maximum Gasteiger partial charge on any atom is 0.243 e. The van der Waals surface area contributed by atoms with Crippen LogP contribution in [0.4, 0.5) is 11.4 Å². The first-order valence-corrected chi connectivity index (χ1v) is 16.9. The van der Waals surface area contributed by atoms with Crippen LogP contribution in [0.3, 0.4) is 0 Å². The highest BCUT2D eigenvalue weighted by molar-refractivity contribution is 7.89. The summed E-state index contributed by atoms with van der Waals surface area (Å²) in [5.74, 6) is 0.922. The largest absolute Gasteiger partial charge is 0.279 e. The number of nitrogens with one attached hydrogen (secondary N) is 1. The highest BCUT2D eigenvalue weighted by Gasteiger charge is 2.34. The first kappa shape index (κ1) is 29.8. The Morgan fingerprint density at radius 3 is 1.44 bits per heavy atom. The Hall–Kier alpha value is -2.64. The third kappa shape index (κ3) is 5.48. The minimum Gasteiger partial charge on any atom is -0.279 e. The van der Waals surface area contributed by atoms with Gasteiger partial charge < -0.3 is 0 Å². The molecule has 0 amide bonds. The van der Waals surface area contributed by atoms with E-state index < -0.39 is 20.0 Å². The monoisotopic (exact) mass is 602 g/mol. The van der Waals surface area contributed by atoms with Crippen molar-refractivity contribution in [2.24, 2.45) is 28.8 Å². The van der Waals surface area contributed by atoms with Gasteiger partial charge in [0.1, 0.15) is 5.69 Å². The Balaban J connectivity index is 1.69. The van der Waals surface area contributed by atoms with Gasteiger partial charge in [0.15, 0.2) is 0 Å². The van der Waals surface area contributed by atoms with E-state index in [2.05, 4.69) is 10.7 Å². The number of benzene rings is 3. The van der Waals surface area contributed by atoms with Crippen molar-refractivity contribution in [1.82, 2.24) is 8.61 Å². The van der Waals surface area contributed by atoms with E-state index in [9.17, 15) is 21.7 Å². The van der Waals surface area contributed by atoms with Crippen molar-refractivity contribution in [3.8, 4) is 0 Å². The van der Waals surface area contributed by atoms with Crippen LogP contribution < -0.4 is 5.48 Å². The van der Waals surface area contributed by atoms with Crippen molar-refractivity contribution in [2.75, 3.05) is 38.8 Å². The van der Waals surface area contributed by atoms with Crippen molar-refractivity contribution in [3.63, 3.8) is 0 Å². The average molecular weight is 603 g/mol. The number of rotatable bonds is 7. The molecule has 222 valence electrons. The summed E-state index contributed by atoms with van der Waals surface area (Å²) < 4.78 is 57.8. The lowest BCUT2D eigenvalue weighted by Crippen LogP contribution is -2.42. The molecule has 2 aliphatic rings. The van der Waals surface area contributed by atoms with E-state index in [4.69, 9.17) is 4.84 Å². The van der Waals surface area contributed by atoms with Crippen LogP contribution in [0, 0.1) is 28.6 Å². The Labute approximate surface area is 242 Å². The lowest BCUT2D eigenvalue weighted by atomic mass is 9.94. The summed E-state index contributed by atoms with van der Waals surface area (Å²) in [5.41, 5.74) is 3.31. The fourth-order valence-electron chi connectivity index (χ4n) is 6.70. The lowest BCUT2D eigenvalue weighted by Gasteiger charge is -2.34. The molecule has 0 bridgehead atoms. The molecule has 4 atom stereocenters. The van der Waals surface area contributed by atoms with E-state index in [0.717, 1.165) is 12.8 Å². The van der Waals surface area contributed by atoms with E-state index in [1.54, 1.807) is 12.1 Å². The molecule has 3 aromatic carbocycles. The first-order chi connectivity index (χ1) is 19.4. The summed E-state index contributed by atoms with van der Waals surface area (Å²) in [6, 6.07) is 9.24. The predicted molar refractivity (Wildman–Crippen MR) is 161 cm³/mol. The highest BCUT2D eigenvalue weighted by atomic mass is 32.2. The van der Waals surface area contributed by atoms with E-state index >= 15 is 0 Å². The van der Waals surface area contributed by atoms with E-state index in [1.807, 2.05) is 27.7 Å². The van der Waals surface area contributed by atoms with Gasteiger partial charge in [-0.1, -0.05) is 39.8 Å². The number of hydrogen-bond acceptors (Lipinski definition) is 8. The maximum absolute atomic E-state index is 13.7. The average Bonchev–Trinajstić information content (AvgIpc) is 2.91. The van der Waals surface area contributed by atoms with Crippen LogP contribution in [0.1, 0.15) is 40.5 Å². The maximum atomic E-state index is 13.7. The Morgan fingerprint density at radius 2 is 1.10 bits per heavy atom. The molecule has 0 saturated carbocycles. The van der Waals surface area contributed by atoms with Crippen LogP contribution in [0.2, 0.25) is 0 Å². The summed E-state index contributed by atoms with van der Waals surface area (Å²) in [5, 5.41) is 4.96. The van der Waals surface area contributed by atoms with Gasteiger partial charge in [0.2, 0.25) is 20.0 Å². The fraction of sp³-hybridized carbons (Fsp3) is 0.517. The molecule has 2 saturated heterocycles. The van der Waals surface area contributed by atoms with Crippen molar-refractivity contribution >= 4 is 53.0 Å². The van der Waals surface area contributed by atoms with Crippen molar-refractivity contribution in [3.05, 3.63) is 41.3 Å². The molecule has 0 unspecified atom stereocenters. The zero-order chi connectivity index (χ0) is 29.7. The number of hydrogen-bond donors (Lipinski definition) is 1. The SMILES string of the molecule is CONc1c2ccc(S(=O)(=O)N3C[C@H](C)C[C@H](C)C3)cc2c(N=O)c2cc(S(=O)(=O)N3C[C@H](C)C[C@H](C)C3)ccc12. The van der Waals surface area contributed by atoms with Gasteiger partial charge in [-0.05, 0) is 66.0 Å². The number of nitrogens with zero attached hydrogens (tertiary/aromatic N) is 3. The van der Waals surface area contributed by atoms with Crippen LogP contribution in [0.15, 0.2) is 51.4 Å². The van der Waals surface area contributed by atoms with Gasteiger partial charge in [-0.15, -0.1) is 4.91 Å². The van der Waals surface area contributed by atoms with Crippen LogP contribution in [0.25, 0.3) is 21.5 Å². The summed E-state index contributed by atoms with van der Waals surface area (Å²) in [6.07, 6.45) is 1.92. The second-order valence-corrected chi connectivity index (χ2v) is 15.9. The van der Waals surface area contributed by atoms with Crippen LogP contribution in [-0.4, -0.2) is 58.7 Å². The number of fused-ring (bicyclic) bond motifs is 2. The number of sulfonamides is 2. The van der Waals surface area contributed by atoms with Gasteiger partial charge in [-0.2, -0.15) is 8.61 Å². The summed E-state index contributed by atoms with van der Waals surface area (Å²) in [6.45, 7) is 9.85. The Morgan fingerprint density at radius 1 is 0.707 bits per heavy atom. The standard InChI is InChI=1S/C29H38N4O6S2/c1-18-10-19(2)15-32(14-18)40(35,36)22-6-8-24-26(12-22)28(30-34)27-13-23(7-9-25(27)29(24)31-39-5)41(37,38)33-16-20(3)11-21(4)17-33/h6-9,12-13,18-21,31H,10-11,14-17H2,1-5H3/t18-,19+,20-,21+. The Bertz CT molecular complexity index is 1570. The zero-order valence-electron chi connectivity index (χ0n) is 24.1. The molecule has 10 nitrogen and oxygen atoms in total. The van der Waals surface area contributed by atoms with Gasteiger partial charge in [-0.3, -0.25) is 10.3 Å². The smallest absolute Gasteiger partial charge is 0.243 e. The number of piperidine rings is 2. The molecule has 2 heterocycles. The lowest BCUT2D eigenvalue weighted by molar-refractivity contribution is 0.222. The molecule has 0 radical (unpaired) electrons.